The van der Waals surface area contributed by atoms with Gasteiger partial charge in [0.25, 0.3) is 5.91 Å². The van der Waals surface area contributed by atoms with Gasteiger partial charge < -0.3 is 9.84 Å². The van der Waals surface area contributed by atoms with E-state index in [1.807, 2.05) is 11.4 Å². The van der Waals surface area contributed by atoms with Gasteiger partial charge in [-0.15, -0.1) is 11.3 Å². The number of aryl methyl sites for hydroxylation is 2. The van der Waals surface area contributed by atoms with E-state index >= 15 is 0 Å². The lowest BCUT2D eigenvalue weighted by atomic mass is 10.1. The van der Waals surface area contributed by atoms with E-state index in [1.165, 1.54) is 4.88 Å². The van der Waals surface area contributed by atoms with Gasteiger partial charge in [0.15, 0.2) is 0 Å². The molecule has 5 nitrogen and oxygen atoms in total. The zero-order chi connectivity index (χ0) is 16.4. The maximum atomic E-state index is 13.8. The fourth-order valence-electron chi connectivity index (χ4n) is 3.04. The lowest BCUT2D eigenvalue weighted by Gasteiger charge is -2.23. The predicted molar refractivity (Wildman–Crippen MR) is 86.3 cm³/mol. The molecule has 1 aliphatic rings. The highest BCUT2D eigenvalue weighted by Gasteiger charge is 2.32. The van der Waals surface area contributed by atoms with Crippen LogP contribution in [0, 0.1) is 13.8 Å². The summed E-state index contributed by atoms with van der Waals surface area (Å²) in [6, 6.07) is 4.06. The second-order valence-electron chi connectivity index (χ2n) is 5.90. The number of likely N-dealkylation sites (tertiary alicyclic amines) is 1. The van der Waals surface area contributed by atoms with Gasteiger partial charge in [-0.2, -0.15) is 0 Å². The first-order chi connectivity index (χ1) is 11.0. The summed E-state index contributed by atoms with van der Waals surface area (Å²) in [4.78, 5) is 15.6. The number of alkyl halides is 1. The maximum Gasteiger partial charge on any atom is 0.256 e. The number of hydrogen-bond donors (Lipinski definition) is 1. The molecule has 0 radical (unpaired) electrons. The van der Waals surface area contributed by atoms with Crippen molar-refractivity contribution in [2.24, 2.45) is 0 Å². The van der Waals surface area contributed by atoms with Gasteiger partial charge in [-0.1, -0.05) is 11.2 Å². The number of halogens is 1. The molecule has 0 spiro atoms. The molecule has 0 aromatic carbocycles. The van der Waals surface area contributed by atoms with E-state index in [0.29, 0.717) is 36.5 Å². The molecular formula is C16H20FN3O2S. The van der Waals surface area contributed by atoms with Crippen LogP contribution < -0.4 is 5.32 Å². The molecule has 2 atom stereocenters. The molecular weight excluding hydrogens is 317 g/mol. The summed E-state index contributed by atoms with van der Waals surface area (Å²) >= 11 is 1.67. The number of nitrogens with one attached hydrogen (secondary N) is 1. The largest absolute Gasteiger partial charge is 0.361 e. The van der Waals surface area contributed by atoms with Crippen molar-refractivity contribution < 1.29 is 13.7 Å². The number of aromatic nitrogens is 1. The Morgan fingerprint density at radius 1 is 1.57 bits per heavy atom. The fraction of sp³-hybridized carbons (Fsp3) is 0.500. The molecule has 124 valence electrons. The zero-order valence-electron chi connectivity index (χ0n) is 13.2. The van der Waals surface area contributed by atoms with Crippen molar-refractivity contribution in [1.29, 1.82) is 0 Å². The lowest BCUT2D eigenvalue weighted by molar-refractivity contribution is 0.0938. The quantitative estimate of drug-likeness (QED) is 0.911. The SMILES string of the molecule is Cc1noc(C)c1C(=O)NC[C@@H]1C[C@H](F)CN1Cc1cccs1. The highest BCUT2D eigenvalue weighted by atomic mass is 32.1. The highest BCUT2D eigenvalue weighted by Crippen LogP contribution is 2.24. The zero-order valence-corrected chi connectivity index (χ0v) is 14.0. The van der Waals surface area contributed by atoms with Gasteiger partial charge in [-0.3, -0.25) is 9.69 Å². The first-order valence-corrected chi connectivity index (χ1v) is 8.54. The number of amides is 1. The standard InChI is InChI=1S/C16H20FN3O2S/c1-10-15(11(2)22-19-10)16(21)18-7-13-6-12(17)8-20(13)9-14-4-3-5-23-14/h3-5,12-13H,6-9H2,1-2H3,(H,18,21)/t12-,13-/m0/s1. The molecule has 1 amide bonds. The van der Waals surface area contributed by atoms with Crippen molar-refractivity contribution in [3.05, 3.63) is 39.4 Å². The van der Waals surface area contributed by atoms with Gasteiger partial charge in [0.05, 0.1) is 5.69 Å². The topological polar surface area (TPSA) is 58.4 Å². The molecule has 0 bridgehead atoms. The third kappa shape index (κ3) is 3.61. The first kappa shape index (κ1) is 16.1. The van der Waals surface area contributed by atoms with Crippen molar-refractivity contribution in [1.82, 2.24) is 15.4 Å². The van der Waals surface area contributed by atoms with E-state index in [1.54, 1.807) is 25.2 Å². The van der Waals surface area contributed by atoms with Crippen LogP contribution in [-0.4, -0.2) is 41.3 Å². The molecule has 1 N–H and O–H groups in total. The Labute approximate surface area is 138 Å². The van der Waals surface area contributed by atoms with E-state index in [-0.39, 0.29) is 11.9 Å². The Balaban J connectivity index is 1.61. The van der Waals surface area contributed by atoms with Gasteiger partial charge in [0, 0.05) is 30.6 Å². The minimum Gasteiger partial charge on any atom is -0.361 e. The van der Waals surface area contributed by atoms with Gasteiger partial charge >= 0.3 is 0 Å². The van der Waals surface area contributed by atoms with E-state index in [0.717, 1.165) is 6.54 Å². The van der Waals surface area contributed by atoms with Crippen LogP contribution in [-0.2, 0) is 6.54 Å². The van der Waals surface area contributed by atoms with E-state index in [4.69, 9.17) is 4.52 Å². The van der Waals surface area contributed by atoms with Crippen molar-refractivity contribution in [3.63, 3.8) is 0 Å². The smallest absolute Gasteiger partial charge is 0.256 e. The van der Waals surface area contributed by atoms with Crippen LogP contribution in [0.1, 0.15) is 33.1 Å². The van der Waals surface area contributed by atoms with E-state index in [2.05, 4.69) is 21.4 Å². The molecule has 3 rings (SSSR count). The minimum absolute atomic E-state index is 0.0107. The van der Waals surface area contributed by atoms with Crippen LogP contribution in [0.15, 0.2) is 22.0 Å². The predicted octanol–water partition coefficient (Wildman–Crippen LogP) is 2.70. The second kappa shape index (κ2) is 6.80. The van der Waals surface area contributed by atoms with Crippen molar-refractivity contribution >= 4 is 17.2 Å². The first-order valence-electron chi connectivity index (χ1n) is 7.66. The lowest BCUT2D eigenvalue weighted by Crippen LogP contribution is -2.39. The molecule has 0 aliphatic carbocycles. The molecule has 2 aromatic heterocycles. The van der Waals surface area contributed by atoms with Gasteiger partial charge in [0.2, 0.25) is 0 Å². The number of carbonyl (C=O) groups excluding carboxylic acids is 1. The Hall–Kier alpha value is -1.73. The molecule has 1 saturated heterocycles. The van der Waals surface area contributed by atoms with E-state index < -0.39 is 6.17 Å². The molecule has 3 heterocycles. The van der Waals surface area contributed by atoms with Gasteiger partial charge in [-0.05, 0) is 31.7 Å². The van der Waals surface area contributed by atoms with Crippen molar-refractivity contribution in [2.75, 3.05) is 13.1 Å². The van der Waals surface area contributed by atoms with Crippen LogP contribution in [0.4, 0.5) is 4.39 Å². The average Bonchev–Trinajstić information content (AvgIpc) is 3.20. The van der Waals surface area contributed by atoms with Crippen molar-refractivity contribution in [3.8, 4) is 0 Å². The van der Waals surface area contributed by atoms with E-state index in [9.17, 15) is 9.18 Å². The van der Waals surface area contributed by atoms with Crippen LogP contribution >= 0.6 is 11.3 Å². The summed E-state index contributed by atoms with van der Waals surface area (Å²) in [6.45, 7) is 5.02. The highest BCUT2D eigenvalue weighted by molar-refractivity contribution is 7.09. The minimum atomic E-state index is -0.837. The monoisotopic (exact) mass is 337 g/mol. The Morgan fingerprint density at radius 2 is 2.39 bits per heavy atom. The Morgan fingerprint density at radius 3 is 3.04 bits per heavy atom. The summed E-state index contributed by atoms with van der Waals surface area (Å²) in [6.07, 6.45) is -0.385. The Kier molecular flexibility index (Phi) is 4.77. The van der Waals surface area contributed by atoms with Crippen LogP contribution in [0.2, 0.25) is 0 Å². The molecule has 2 aromatic rings. The molecule has 1 fully saturated rings. The summed E-state index contributed by atoms with van der Waals surface area (Å²) in [7, 11) is 0. The number of nitrogens with zero attached hydrogens (tertiary/aromatic N) is 2. The van der Waals surface area contributed by atoms with Crippen LogP contribution in [0.25, 0.3) is 0 Å². The fourth-order valence-corrected chi connectivity index (χ4v) is 3.77. The average molecular weight is 337 g/mol. The molecule has 7 heteroatoms. The molecule has 23 heavy (non-hydrogen) atoms. The van der Waals surface area contributed by atoms with Crippen LogP contribution in [0.5, 0.6) is 0 Å². The second-order valence-corrected chi connectivity index (χ2v) is 6.94. The molecule has 1 aliphatic heterocycles. The number of carbonyl (C=O) groups is 1. The Bertz CT molecular complexity index is 651. The van der Waals surface area contributed by atoms with Gasteiger partial charge in [0.1, 0.15) is 17.5 Å². The summed E-state index contributed by atoms with van der Waals surface area (Å²) in [5.74, 6) is 0.296. The third-order valence-electron chi connectivity index (χ3n) is 4.17. The summed E-state index contributed by atoms with van der Waals surface area (Å²) in [5, 5.41) is 8.70. The van der Waals surface area contributed by atoms with Crippen molar-refractivity contribution in [2.45, 2.75) is 39.0 Å². The normalized spacial score (nSPS) is 21.7. The number of hydrogen-bond acceptors (Lipinski definition) is 5. The van der Waals surface area contributed by atoms with Gasteiger partial charge in [-0.25, -0.2) is 4.39 Å². The maximum absolute atomic E-state index is 13.8. The molecule has 0 saturated carbocycles. The third-order valence-corrected chi connectivity index (χ3v) is 5.04. The molecule has 0 unspecified atom stereocenters. The number of rotatable bonds is 5. The number of thiophene rings is 1. The summed E-state index contributed by atoms with van der Waals surface area (Å²) in [5.41, 5.74) is 1.05. The van der Waals surface area contributed by atoms with Crippen LogP contribution in [0.3, 0.4) is 0 Å². The summed E-state index contributed by atoms with van der Waals surface area (Å²) < 4.78 is 18.8.